The Hall–Kier alpha value is -2.49. The van der Waals surface area contributed by atoms with Crippen molar-refractivity contribution < 1.29 is 14.3 Å². The molecule has 22 heavy (non-hydrogen) atoms. The summed E-state index contributed by atoms with van der Waals surface area (Å²) in [5, 5.41) is 0. The second-order valence-electron chi connectivity index (χ2n) is 5.73. The number of ether oxygens (including phenoxy) is 2. The Morgan fingerprint density at radius 2 is 1.73 bits per heavy atom. The van der Waals surface area contributed by atoms with E-state index in [-0.39, 0.29) is 0 Å². The molecule has 0 bridgehead atoms. The molecule has 0 aliphatic rings. The van der Waals surface area contributed by atoms with Crippen LogP contribution in [0.1, 0.15) is 25.0 Å². The number of rotatable bonds is 6. The topological polar surface area (TPSA) is 61.6 Å². The van der Waals surface area contributed by atoms with E-state index in [1.54, 1.807) is 19.9 Å². The molecule has 0 atom stereocenters. The highest BCUT2D eigenvalue weighted by Gasteiger charge is 2.27. The standard InChI is InChI=1S/C18H21NO3/c1-13-9-15(21-12-14-7-5-4-6-8-14)11-16(10-13)22-18(2,3)17(19)20/h4-11H,12H2,1-3H3,(H2,19,20). The lowest BCUT2D eigenvalue weighted by Gasteiger charge is -2.23. The van der Waals surface area contributed by atoms with Crippen LogP contribution in [-0.4, -0.2) is 11.5 Å². The van der Waals surface area contributed by atoms with Crippen LogP contribution in [0.5, 0.6) is 11.5 Å². The van der Waals surface area contributed by atoms with Gasteiger partial charge in [-0.15, -0.1) is 0 Å². The lowest BCUT2D eigenvalue weighted by atomic mass is 10.1. The van der Waals surface area contributed by atoms with Crippen LogP contribution in [0.2, 0.25) is 0 Å². The molecule has 0 aliphatic carbocycles. The predicted molar refractivity (Wildman–Crippen MR) is 85.9 cm³/mol. The number of aryl methyl sites for hydroxylation is 1. The lowest BCUT2D eigenvalue weighted by molar-refractivity contribution is -0.130. The highest BCUT2D eigenvalue weighted by Crippen LogP contribution is 2.26. The molecule has 4 heteroatoms. The molecule has 0 fully saturated rings. The van der Waals surface area contributed by atoms with Crippen molar-refractivity contribution in [2.24, 2.45) is 5.73 Å². The van der Waals surface area contributed by atoms with Gasteiger partial charge in [0.15, 0.2) is 5.60 Å². The van der Waals surface area contributed by atoms with Gasteiger partial charge in [0.25, 0.3) is 5.91 Å². The average molecular weight is 299 g/mol. The van der Waals surface area contributed by atoms with Crippen LogP contribution in [-0.2, 0) is 11.4 Å². The molecule has 0 heterocycles. The summed E-state index contributed by atoms with van der Waals surface area (Å²) in [5.74, 6) is 0.742. The van der Waals surface area contributed by atoms with Crippen molar-refractivity contribution in [1.29, 1.82) is 0 Å². The van der Waals surface area contributed by atoms with E-state index < -0.39 is 11.5 Å². The van der Waals surface area contributed by atoms with Gasteiger partial charge >= 0.3 is 0 Å². The van der Waals surface area contributed by atoms with Crippen LogP contribution in [0.4, 0.5) is 0 Å². The third kappa shape index (κ3) is 4.25. The van der Waals surface area contributed by atoms with E-state index in [9.17, 15) is 4.79 Å². The van der Waals surface area contributed by atoms with Crippen molar-refractivity contribution in [3.05, 3.63) is 59.7 Å². The molecule has 4 nitrogen and oxygen atoms in total. The summed E-state index contributed by atoms with van der Waals surface area (Å²) in [6.07, 6.45) is 0. The van der Waals surface area contributed by atoms with E-state index in [4.69, 9.17) is 15.2 Å². The van der Waals surface area contributed by atoms with Crippen molar-refractivity contribution in [1.82, 2.24) is 0 Å². The van der Waals surface area contributed by atoms with Crippen molar-refractivity contribution >= 4 is 5.91 Å². The molecule has 116 valence electrons. The molecule has 0 radical (unpaired) electrons. The van der Waals surface area contributed by atoms with Gasteiger partial charge in [0.2, 0.25) is 0 Å². The maximum atomic E-state index is 11.4. The first-order valence-electron chi connectivity index (χ1n) is 7.14. The molecule has 0 spiro atoms. The molecule has 2 aromatic rings. The van der Waals surface area contributed by atoms with E-state index in [0.717, 1.165) is 11.1 Å². The first-order valence-corrected chi connectivity index (χ1v) is 7.14. The zero-order valence-corrected chi connectivity index (χ0v) is 13.1. The Morgan fingerprint density at radius 1 is 1.09 bits per heavy atom. The fraction of sp³-hybridized carbons (Fsp3) is 0.278. The van der Waals surface area contributed by atoms with Gasteiger partial charge in [-0.1, -0.05) is 30.3 Å². The van der Waals surface area contributed by atoms with E-state index in [2.05, 4.69) is 0 Å². The monoisotopic (exact) mass is 299 g/mol. The van der Waals surface area contributed by atoms with E-state index in [0.29, 0.717) is 18.1 Å². The van der Waals surface area contributed by atoms with Gasteiger partial charge in [0, 0.05) is 6.07 Å². The summed E-state index contributed by atoms with van der Waals surface area (Å²) < 4.78 is 11.5. The van der Waals surface area contributed by atoms with Crippen LogP contribution in [0, 0.1) is 6.92 Å². The number of benzene rings is 2. The third-order valence-corrected chi connectivity index (χ3v) is 3.24. The van der Waals surface area contributed by atoms with Crippen LogP contribution in [0.3, 0.4) is 0 Å². The molecule has 0 saturated carbocycles. The molecule has 1 amide bonds. The van der Waals surface area contributed by atoms with E-state index in [1.807, 2.05) is 49.4 Å². The number of nitrogens with two attached hydrogens (primary N) is 1. The maximum Gasteiger partial charge on any atom is 0.261 e. The fourth-order valence-electron chi connectivity index (χ4n) is 1.94. The lowest BCUT2D eigenvalue weighted by Crippen LogP contribution is -2.43. The van der Waals surface area contributed by atoms with Gasteiger partial charge in [-0.25, -0.2) is 0 Å². The van der Waals surface area contributed by atoms with Crippen LogP contribution in [0.15, 0.2) is 48.5 Å². The minimum Gasteiger partial charge on any atom is -0.489 e. The molecule has 0 unspecified atom stereocenters. The Morgan fingerprint density at radius 3 is 2.36 bits per heavy atom. The summed E-state index contributed by atoms with van der Waals surface area (Å²) in [5.41, 5.74) is 6.34. The van der Waals surface area contributed by atoms with Crippen molar-refractivity contribution in [3.8, 4) is 11.5 Å². The average Bonchev–Trinajstić information content (AvgIpc) is 2.45. The minimum absolute atomic E-state index is 0.475. The largest absolute Gasteiger partial charge is 0.489 e. The summed E-state index contributed by atoms with van der Waals surface area (Å²) in [6, 6.07) is 15.5. The molecule has 2 rings (SSSR count). The first-order chi connectivity index (χ1) is 10.4. The highest BCUT2D eigenvalue weighted by molar-refractivity contribution is 5.82. The summed E-state index contributed by atoms with van der Waals surface area (Å²) in [6.45, 7) is 5.70. The number of amides is 1. The third-order valence-electron chi connectivity index (χ3n) is 3.24. The van der Waals surface area contributed by atoms with Gasteiger partial charge in [-0.3, -0.25) is 4.79 Å². The molecule has 0 saturated heterocycles. The highest BCUT2D eigenvalue weighted by atomic mass is 16.5. The van der Waals surface area contributed by atoms with Crippen molar-refractivity contribution in [2.45, 2.75) is 33.0 Å². The number of carbonyl (C=O) groups is 1. The second kappa shape index (κ2) is 6.52. The quantitative estimate of drug-likeness (QED) is 0.891. The smallest absolute Gasteiger partial charge is 0.261 e. The van der Waals surface area contributed by atoms with Gasteiger partial charge < -0.3 is 15.2 Å². The SMILES string of the molecule is Cc1cc(OCc2ccccc2)cc(OC(C)(C)C(N)=O)c1. The zero-order chi connectivity index (χ0) is 16.2. The minimum atomic E-state index is -1.06. The van der Waals surface area contributed by atoms with Gasteiger partial charge in [0.1, 0.15) is 18.1 Å². The number of hydrogen-bond acceptors (Lipinski definition) is 3. The number of carbonyl (C=O) groups excluding carboxylic acids is 1. The molecule has 2 aromatic carbocycles. The normalized spacial score (nSPS) is 11.0. The van der Waals surface area contributed by atoms with Crippen LogP contribution < -0.4 is 15.2 Å². The first kappa shape index (κ1) is 15.9. The molecule has 0 aliphatic heterocycles. The second-order valence-corrected chi connectivity index (χ2v) is 5.73. The van der Waals surface area contributed by atoms with Gasteiger partial charge in [0.05, 0.1) is 0 Å². The molecular weight excluding hydrogens is 278 g/mol. The summed E-state index contributed by atoms with van der Waals surface area (Å²) in [7, 11) is 0. The van der Waals surface area contributed by atoms with E-state index in [1.165, 1.54) is 0 Å². The van der Waals surface area contributed by atoms with Gasteiger partial charge in [-0.05, 0) is 44.0 Å². The Labute approximate surface area is 130 Å². The Bertz CT molecular complexity index is 651. The van der Waals surface area contributed by atoms with Crippen molar-refractivity contribution in [2.75, 3.05) is 0 Å². The number of primary amides is 1. The summed E-state index contributed by atoms with van der Waals surface area (Å²) >= 11 is 0. The molecule has 0 aromatic heterocycles. The predicted octanol–water partition coefficient (Wildman–Crippen LogP) is 3.22. The Kier molecular flexibility index (Phi) is 4.71. The number of hydrogen-bond donors (Lipinski definition) is 1. The van der Waals surface area contributed by atoms with Gasteiger partial charge in [-0.2, -0.15) is 0 Å². The Balaban J connectivity index is 2.11. The summed E-state index contributed by atoms with van der Waals surface area (Å²) in [4.78, 5) is 11.4. The zero-order valence-electron chi connectivity index (χ0n) is 13.1. The van der Waals surface area contributed by atoms with E-state index >= 15 is 0 Å². The van der Waals surface area contributed by atoms with Crippen LogP contribution in [0.25, 0.3) is 0 Å². The fourth-order valence-corrected chi connectivity index (χ4v) is 1.94. The van der Waals surface area contributed by atoms with Crippen molar-refractivity contribution in [3.63, 3.8) is 0 Å². The molecular formula is C18H21NO3. The molecule has 2 N–H and O–H groups in total. The van der Waals surface area contributed by atoms with Crippen LogP contribution >= 0.6 is 0 Å². The maximum absolute atomic E-state index is 11.4.